The van der Waals surface area contributed by atoms with Crippen molar-refractivity contribution in [3.63, 3.8) is 0 Å². The van der Waals surface area contributed by atoms with E-state index in [0.717, 1.165) is 5.92 Å². The molecule has 0 heterocycles. The van der Waals surface area contributed by atoms with E-state index >= 15 is 0 Å². The third-order valence-corrected chi connectivity index (χ3v) is 7.27. The summed E-state index contributed by atoms with van der Waals surface area (Å²) < 4.78 is 2.66. The van der Waals surface area contributed by atoms with Gasteiger partial charge in [-0.15, -0.1) is 0 Å². The summed E-state index contributed by atoms with van der Waals surface area (Å²) in [5.74, 6) is 1.32. The summed E-state index contributed by atoms with van der Waals surface area (Å²) >= 11 is 4.83. The molecule has 2 aromatic rings. The lowest BCUT2D eigenvalue weighted by atomic mass is 9.76. The molecule has 0 N–H and O–H groups in total. The van der Waals surface area contributed by atoms with Gasteiger partial charge in [0.25, 0.3) is 0 Å². The van der Waals surface area contributed by atoms with Gasteiger partial charge in [-0.1, -0.05) is 75.6 Å². The third-order valence-electron chi connectivity index (χ3n) is 5.83. The molecular weight excluding hydrogens is 542 g/mol. The van der Waals surface area contributed by atoms with Crippen molar-refractivity contribution in [1.82, 2.24) is 0 Å². The highest BCUT2D eigenvalue weighted by molar-refractivity contribution is 14.1. The van der Waals surface area contributed by atoms with Crippen molar-refractivity contribution in [3.05, 3.63) is 66.8 Å². The molecule has 0 aliphatic heterocycles. The molecule has 1 aliphatic carbocycles. The van der Waals surface area contributed by atoms with Crippen molar-refractivity contribution in [1.29, 1.82) is 0 Å². The first-order chi connectivity index (χ1) is 12.7. The van der Waals surface area contributed by atoms with Crippen LogP contribution in [0.3, 0.4) is 0 Å². The Labute approximate surface area is 186 Å². The van der Waals surface area contributed by atoms with E-state index < -0.39 is 0 Å². The molecule has 3 rings (SSSR count). The summed E-state index contributed by atoms with van der Waals surface area (Å²) in [6, 6.07) is 18.6. The summed E-state index contributed by atoms with van der Waals surface area (Å²) in [7, 11) is 0. The number of hydrogen-bond donors (Lipinski definition) is 0. The molecule has 0 saturated heterocycles. The molecule has 26 heavy (non-hydrogen) atoms. The highest BCUT2D eigenvalue weighted by atomic mass is 127. The number of halogens is 2. The molecule has 0 amide bonds. The van der Waals surface area contributed by atoms with Gasteiger partial charge in [0.15, 0.2) is 0 Å². The Bertz CT molecular complexity index is 587. The fraction of sp³-hybridized carbons (Fsp3) is 0.500. The van der Waals surface area contributed by atoms with E-state index in [-0.39, 0.29) is 0 Å². The zero-order valence-electron chi connectivity index (χ0n) is 15.6. The molecule has 0 nitrogen and oxygen atoms in total. The van der Waals surface area contributed by atoms with Crippen molar-refractivity contribution in [2.45, 2.75) is 70.1 Å². The van der Waals surface area contributed by atoms with Crippen LogP contribution >= 0.6 is 45.2 Å². The minimum absolute atomic E-state index is 0.546. The Morgan fingerprint density at radius 2 is 0.885 bits per heavy atom. The third kappa shape index (κ3) is 6.22. The molecule has 1 aliphatic rings. The summed E-state index contributed by atoms with van der Waals surface area (Å²) in [5, 5.41) is 0. The molecule has 1 fully saturated rings. The monoisotopic (exact) mass is 572 g/mol. The summed E-state index contributed by atoms with van der Waals surface area (Å²) in [5.41, 5.74) is 3.01. The zero-order chi connectivity index (χ0) is 18.2. The van der Waals surface area contributed by atoms with E-state index in [2.05, 4.69) is 93.7 Å². The Morgan fingerprint density at radius 3 is 1.27 bits per heavy atom. The number of benzene rings is 2. The topological polar surface area (TPSA) is 0 Å². The molecule has 0 spiro atoms. The second-order valence-corrected chi connectivity index (χ2v) is 10.2. The van der Waals surface area contributed by atoms with Crippen molar-refractivity contribution in [2.75, 3.05) is 0 Å². The van der Waals surface area contributed by atoms with Crippen LogP contribution in [0.2, 0.25) is 0 Å². The molecule has 1 saturated carbocycles. The molecule has 2 heteroatoms. The number of rotatable bonds is 3. The minimum Gasteiger partial charge on any atom is -0.0574 e. The van der Waals surface area contributed by atoms with Gasteiger partial charge in [-0.3, -0.25) is 0 Å². The molecule has 140 valence electrons. The van der Waals surface area contributed by atoms with Gasteiger partial charge in [-0.05, 0) is 99.3 Å². The van der Waals surface area contributed by atoms with Gasteiger partial charge in [0, 0.05) is 13.1 Å². The summed E-state index contributed by atoms with van der Waals surface area (Å²) in [6.45, 7) is 0. The van der Waals surface area contributed by atoms with Gasteiger partial charge in [0.2, 0.25) is 0 Å². The standard InChI is InChI=1S/C24H30I2/c25-22-15-11-20(12-16-22)24(21-13-17-23(26)18-14-21)19-9-7-5-3-1-2-4-6-8-10-19/h11-19,24H,1-10H2. The average Bonchev–Trinajstić information content (AvgIpc) is 2.71. The Balaban J connectivity index is 1.88. The van der Waals surface area contributed by atoms with Gasteiger partial charge < -0.3 is 0 Å². The maximum Gasteiger partial charge on any atom is 0.0130 e. The SMILES string of the molecule is Ic1ccc(C(c2ccc(I)cc2)C2CCCCCCCCCC2)cc1. The molecule has 0 radical (unpaired) electrons. The predicted octanol–water partition coefficient (Wildman–Crippen LogP) is 8.56. The van der Waals surface area contributed by atoms with Gasteiger partial charge >= 0.3 is 0 Å². The maximum absolute atomic E-state index is 2.42. The first kappa shape index (κ1) is 20.6. The highest BCUT2D eigenvalue weighted by Crippen LogP contribution is 2.39. The van der Waals surface area contributed by atoms with Crippen molar-refractivity contribution in [3.8, 4) is 0 Å². The molecule has 2 aromatic carbocycles. The normalized spacial score (nSPS) is 17.8. The molecule has 0 atom stereocenters. The Morgan fingerprint density at radius 1 is 0.538 bits per heavy atom. The Hall–Kier alpha value is -0.100. The van der Waals surface area contributed by atoms with Crippen molar-refractivity contribution < 1.29 is 0 Å². The lowest BCUT2D eigenvalue weighted by molar-refractivity contribution is 0.375. The molecule has 0 aromatic heterocycles. The first-order valence-corrected chi connectivity index (χ1v) is 12.4. The fourth-order valence-corrected chi connectivity index (χ4v) is 5.15. The first-order valence-electron chi connectivity index (χ1n) is 10.2. The van der Waals surface area contributed by atoms with Crippen molar-refractivity contribution in [2.24, 2.45) is 5.92 Å². The molecule has 0 unspecified atom stereocenters. The molecular formula is C24H30I2. The van der Waals surface area contributed by atoms with E-state index in [1.807, 2.05) is 0 Å². The van der Waals surface area contributed by atoms with Crippen LogP contribution in [-0.4, -0.2) is 0 Å². The van der Waals surface area contributed by atoms with Crippen LogP contribution in [0, 0.1) is 13.1 Å². The summed E-state index contributed by atoms with van der Waals surface area (Å²) in [6.07, 6.45) is 14.2. The van der Waals surface area contributed by atoms with E-state index in [4.69, 9.17) is 0 Å². The second-order valence-electron chi connectivity index (χ2n) is 7.75. The van der Waals surface area contributed by atoms with Gasteiger partial charge in [-0.2, -0.15) is 0 Å². The van der Waals surface area contributed by atoms with E-state index in [1.165, 1.54) is 82.5 Å². The van der Waals surface area contributed by atoms with E-state index in [9.17, 15) is 0 Å². The van der Waals surface area contributed by atoms with Crippen LogP contribution < -0.4 is 0 Å². The van der Waals surface area contributed by atoms with Crippen molar-refractivity contribution >= 4 is 45.2 Å². The fourth-order valence-electron chi connectivity index (χ4n) is 4.43. The smallest absolute Gasteiger partial charge is 0.0130 e. The van der Waals surface area contributed by atoms with Crippen LogP contribution in [-0.2, 0) is 0 Å². The quantitative estimate of drug-likeness (QED) is 0.324. The van der Waals surface area contributed by atoms with Gasteiger partial charge in [0.05, 0.1) is 0 Å². The second kappa shape index (κ2) is 11.0. The van der Waals surface area contributed by atoms with Gasteiger partial charge in [-0.25, -0.2) is 0 Å². The van der Waals surface area contributed by atoms with E-state index in [0.29, 0.717) is 5.92 Å². The zero-order valence-corrected chi connectivity index (χ0v) is 19.9. The highest BCUT2D eigenvalue weighted by Gasteiger charge is 2.24. The van der Waals surface area contributed by atoms with Crippen LogP contribution in [0.5, 0.6) is 0 Å². The van der Waals surface area contributed by atoms with Crippen LogP contribution in [0.1, 0.15) is 81.3 Å². The lowest BCUT2D eigenvalue weighted by Crippen LogP contribution is -2.15. The predicted molar refractivity (Wildman–Crippen MR) is 130 cm³/mol. The maximum atomic E-state index is 2.42. The average molecular weight is 572 g/mol. The Kier molecular flexibility index (Phi) is 8.76. The largest absolute Gasteiger partial charge is 0.0574 e. The van der Waals surface area contributed by atoms with Crippen LogP contribution in [0.25, 0.3) is 0 Å². The van der Waals surface area contributed by atoms with Gasteiger partial charge in [0.1, 0.15) is 0 Å². The van der Waals surface area contributed by atoms with Crippen LogP contribution in [0.4, 0.5) is 0 Å². The minimum atomic E-state index is 0.546. The lowest BCUT2D eigenvalue weighted by Gasteiger charge is -2.29. The number of hydrogen-bond acceptors (Lipinski definition) is 0. The summed E-state index contributed by atoms with van der Waals surface area (Å²) in [4.78, 5) is 0. The van der Waals surface area contributed by atoms with E-state index in [1.54, 1.807) is 0 Å². The molecule has 0 bridgehead atoms. The van der Waals surface area contributed by atoms with Crippen LogP contribution in [0.15, 0.2) is 48.5 Å².